The second-order valence-corrected chi connectivity index (χ2v) is 6.24. The fraction of sp³-hybridized carbons (Fsp3) is 0.643. The summed E-state index contributed by atoms with van der Waals surface area (Å²) in [6, 6.07) is 1.77. The Balaban J connectivity index is 2.19. The molecule has 0 bridgehead atoms. The minimum absolute atomic E-state index is 0.0567. The van der Waals surface area contributed by atoms with Crippen LogP contribution in [0.4, 0.5) is 0 Å². The van der Waals surface area contributed by atoms with Crippen molar-refractivity contribution in [3.63, 3.8) is 0 Å². The number of Topliss-reactive ketones (excluding diaryl/α,β-unsaturated/α-hetero) is 1. The number of hydrogen-bond donors (Lipinski definition) is 0. The molecule has 2 heterocycles. The lowest BCUT2D eigenvalue weighted by Gasteiger charge is -2.36. The fourth-order valence-electron chi connectivity index (χ4n) is 2.51. The number of hydrogen-bond acceptors (Lipinski definition) is 3. The molecule has 0 aromatic carbocycles. The van der Waals surface area contributed by atoms with E-state index in [1.165, 1.54) is 25.7 Å². The maximum atomic E-state index is 12.6. The first-order valence-corrected chi connectivity index (χ1v) is 7.35. The molecule has 3 nitrogen and oxygen atoms in total. The molecular weight excluding hydrogens is 294 g/mol. The van der Waals surface area contributed by atoms with Gasteiger partial charge in [-0.25, -0.2) is 0 Å². The van der Waals surface area contributed by atoms with Gasteiger partial charge in [-0.2, -0.15) is 0 Å². The van der Waals surface area contributed by atoms with Crippen LogP contribution in [-0.4, -0.2) is 29.3 Å². The Morgan fingerprint density at radius 3 is 2.39 bits per heavy atom. The second-order valence-electron chi connectivity index (χ2n) is 5.39. The van der Waals surface area contributed by atoms with Crippen LogP contribution in [0.1, 0.15) is 50.1 Å². The van der Waals surface area contributed by atoms with E-state index in [2.05, 4.69) is 20.8 Å². The number of ketones is 1. The molecule has 0 aliphatic carbocycles. The molecule has 18 heavy (non-hydrogen) atoms. The van der Waals surface area contributed by atoms with Crippen molar-refractivity contribution in [2.24, 2.45) is 0 Å². The SMILES string of the molecule is CC(C)(C(=O)c1occc1Br)N1CCCCCC1. The molecule has 0 amide bonds. The molecule has 1 aromatic heterocycles. The van der Waals surface area contributed by atoms with Crippen LogP contribution in [0.2, 0.25) is 0 Å². The maximum absolute atomic E-state index is 12.6. The van der Waals surface area contributed by atoms with Gasteiger partial charge in [-0.05, 0) is 61.8 Å². The molecule has 4 heteroatoms. The van der Waals surface area contributed by atoms with Crippen molar-refractivity contribution in [1.29, 1.82) is 0 Å². The van der Waals surface area contributed by atoms with Crippen LogP contribution in [0.25, 0.3) is 0 Å². The van der Waals surface area contributed by atoms with Gasteiger partial charge in [-0.1, -0.05) is 12.8 Å². The van der Waals surface area contributed by atoms with Crippen molar-refractivity contribution < 1.29 is 9.21 Å². The summed E-state index contributed by atoms with van der Waals surface area (Å²) >= 11 is 3.37. The average Bonchev–Trinajstić information content (AvgIpc) is 2.61. The number of carbonyl (C=O) groups excluding carboxylic acids is 1. The molecule has 1 saturated heterocycles. The Bertz CT molecular complexity index is 417. The lowest BCUT2D eigenvalue weighted by Crippen LogP contribution is -2.50. The Morgan fingerprint density at radius 2 is 1.89 bits per heavy atom. The smallest absolute Gasteiger partial charge is 0.218 e. The quantitative estimate of drug-likeness (QED) is 0.794. The summed E-state index contributed by atoms with van der Waals surface area (Å²) in [5.41, 5.74) is -0.495. The van der Waals surface area contributed by atoms with Crippen molar-refractivity contribution in [1.82, 2.24) is 4.90 Å². The van der Waals surface area contributed by atoms with Gasteiger partial charge in [-0.15, -0.1) is 0 Å². The van der Waals surface area contributed by atoms with Gasteiger partial charge in [0.05, 0.1) is 16.3 Å². The van der Waals surface area contributed by atoms with Crippen molar-refractivity contribution >= 4 is 21.7 Å². The molecule has 0 unspecified atom stereocenters. The zero-order chi connectivity index (χ0) is 13.2. The van der Waals surface area contributed by atoms with E-state index in [9.17, 15) is 4.79 Å². The van der Waals surface area contributed by atoms with E-state index in [1.54, 1.807) is 12.3 Å². The normalized spacial score (nSPS) is 18.6. The van der Waals surface area contributed by atoms with Crippen LogP contribution < -0.4 is 0 Å². The van der Waals surface area contributed by atoms with E-state index in [-0.39, 0.29) is 5.78 Å². The highest BCUT2D eigenvalue weighted by atomic mass is 79.9. The minimum Gasteiger partial charge on any atom is -0.460 e. The molecule has 1 fully saturated rings. The average molecular weight is 314 g/mol. The van der Waals surface area contributed by atoms with Gasteiger partial charge in [0.15, 0.2) is 5.76 Å². The van der Waals surface area contributed by atoms with Gasteiger partial charge in [0.25, 0.3) is 0 Å². The summed E-state index contributed by atoms with van der Waals surface area (Å²) in [5.74, 6) is 0.491. The summed E-state index contributed by atoms with van der Waals surface area (Å²) in [7, 11) is 0. The third-order valence-corrected chi connectivity index (χ3v) is 4.40. The highest BCUT2D eigenvalue weighted by Gasteiger charge is 2.37. The fourth-order valence-corrected chi connectivity index (χ4v) is 2.89. The first kappa shape index (κ1) is 13.8. The van der Waals surface area contributed by atoms with Crippen LogP contribution in [-0.2, 0) is 0 Å². The number of nitrogens with zero attached hydrogens (tertiary/aromatic N) is 1. The summed E-state index contributed by atoms with van der Waals surface area (Å²) in [6.45, 7) is 5.99. The van der Waals surface area contributed by atoms with Crippen LogP contribution in [0.15, 0.2) is 21.2 Å². The number of furan rings is 1. The number of rotatable bonds is 3. The first-order valence-electron chi connectivity index (χ1n) is 6.56. The molecule has 0 saturated carbocycles. The molecule has 0 radical (unpaired) electrons. The van der Waals surface area contributed by atoms with Crippen molar-refractivity contribution in [3.05, 3.63) is 22.6 Å². The molecule has 0 atom stereocenters. The van der Waals surface area contributed by atoms with Crippen molar-refractivity contribution in [2.75, 3.05) is 13.1 Å². The highest BCUT2D eigenvalue weighted by molar-refractivity contribution is 9.10. The van der Waals surface area contributed by atoms with Gasteiger partial charge in [0, 0.05) is 0 Å². The van der Waals surface area contributed by atoms with Crippen LogP contribution >= 0.6 is 15.9 Å². The minimum atomic E-state index is -0.495. The first-order chi connectivity index (χ1) is 8.53. The van der Waals surface area contributed by atoms with Crippen LogP contribution in [0.3, 0.4) is 0 Å². The van der Waals surface area contributed by atoms with E-state index >= 15 is 0 Å². The molecule has 2 rings (SSSR count). The van der Waals surface area contributed by atoms with Gasteiger partial charge < -0.3 is 4.42 Å². The van der Waals surface area contributed by atoms with Gasteiger partial charge >= 0.3 is 0 Å². The van der Waals surface area contributed by atoms with Crippen molar-refractivity contribution in [3.8, 4) is 0 Å². The number of carbonyl (C=O) groups is 1. The number of halogens is 1. The summed E-state index contributed by atoms with van der Waals surface area (Å²) in [6.07, 6.45) is 6.44. The summed E-state index contributed by atoms with van der Waals surface area (Å²) in [4.78, 5) is 14.9. The van der Waals surface area contributed by atoms with Gasteiger partial charge in [0.1, 0.15) is 0 Å². The van der Waals surface area contributed by atoms with E-state index in [0.717, 1.165) is 17.6 Å². The Labute approximate surface area is 117 Å². The topological polar surface area (TPSA) is 33.5 Å². The molecule has 1 aromatic rings. The third kappa shape index (κ3) is 2.69. The Hall–Kier alpha value is -0.610. The van der Waals surface area contributed by atoms with Crippen LogP contribution in [0.5, 0.6) is 0 Å². The predicted molar refractivity (Wildman–Crippen MR) is 74.9 cm³/mol. The van der Waals surface area contributed by atoms with E-state index in [0.29, 0.717) is 5.76 Å². The highest BCUT2D eigenvalue weighted by Crippen LogP contribution is 2.28. The largest absolute Gasteiger partial charge is 0.460 e. The summed E-state index contributed by atoms with van der Waals surface area (Å²) in [5, 5.41) is 0. The monoisotopic (exact) mass is 313 g/mol. The second kappa shape index (κ2) is 5.57. The lowest BCUT2D eigenvalue weighted by molar-refractivity contribution is 0.0619. The number of likely N-dealkylation sites (tertiary alicyclic amines) is 1. The maximum Gasteiger partial charge on any atom is 0.218 e. The van der Waals surface area contributed by atoms with Gasteiger partial charge in [-0.3, -0.25) is 9.69 Å². The molecule has 0 N–H and O–H groups in total. The Morgan fingerprint density at radius 1 is 1.28 bits per heavy atom. The molecule has 100 valence electrons. The van der Waals surface area contributed by atoms with E-state index < -0.39 is 5.54 Å². The van der Waals surface area contributed by atoms with E-state index in [4.69, 9.17) is 4.42 Å². The van der Waals surface area contributed by atoms with Gasteiger partial charge in [0.2, 0.25) is 5.78 Å². The molecule has 1 aliphatic rings. The summed E-state index contributed by atoms with van der Waals surface area (Å²) < 4.78 is 6.06. The zero-order valence-electron chi connectivity index (χ0n) is 11.0. The standard InChI is InChI=1S/C14H20BrNO2/c1-14(2,16-8-5-3-4-6-9-16)13(17)12-11(15)7-10-18-12/h7,10H,3-6,8-9H2,1-2H3. The molecule has 0 spiro atoms. The molecular formula is C14H20BrNO2. The zero-order valence-corrected chi connectivity index (χ0v) is 12.6. The lowest BCUT2D eigenvalue weighted by atomic mass is 9.94. The molecule has 1 aliphatic heterocycles. The van der Waals surface area contributed by atoms with Crippen LogP contribution in [0, 0.1) is 0 Å². The predicted octanol–water partition coefficient (Wildman–Crippen LogP) is 3.88. The Kier molecular flexibility index (Phi) is 4.28. The third-order valence-electron chi connectivity index (χ3n) is 3.78. The van der Waals surface area contributed by atoms with Crippen molar-refractivity contribution in [2.45, 2.75) is 45.1 Å². The van der Waals surface area contributed by atoms with E-state index in [1.807, 2.05) is 13.8 Å².